The zero-order valence-electron chi connectivity index (χ0n) is 14.2. The first kappa shape index (κ1) is 18.2. The van der Waals surface area contributed by atoms with Gasteiger partial charge in [-0.15, -0.1) is 11.3 Å². The van der Waals surface area contributed by atoms with Crippen LogP contribution in [0.25, 0.3) is 0 Å². The summed E-state index contributed by atoms with van der Waals surface area (Å²) in [6.07, 6.45) is 0.400. The Morgan fingerprint density at radius 1 is 1.25 bits per heavy atom. The molecule has 2 rings (SSSR count). The highest BCUT2D eigenvalue weighted by atomic mass is 32.1. The van der Waals surface area contributed by atoms with Gasteiger partial charge in [0.1, 0.15) is 0 Å². The number of hydrogen-bond acceptors (Lipinski definition) is 3. The van der Waals surface area contributed by atoms with Crippen molar-refractivity contribution in [3.05, 3.63) is 57.8 Å². The molecule has 0 saturated carbocycles. The van der Waals surface area contributed by atoms with Crippen molar-refractivity contribution in [2.45, 2.75) is 32.6 Å². The highest BCUT2D eigenvalue weighted by Crippen LogP contribution is 2.27. The average molecular weight is 345 g/mol. The largest absolute Gasteiger partial charge is 0.481 e. The number of carboxylic acids is 1. The first-order chi connectivity index (χ1) is 11.3. The number of hydrogen-bond donors (Lipinski definition) is 2. The van der Waals surface area contributed by atoms with E-state index in [1.165, 1.54) is 11.3 Å². The molecule has 1 aromatic carbocycles. The molecule has 0 aliphatic heterocycles. The molecule has 0 fully saturated rings. The second-order valence-electron chi connectivity index (χ2n) is 6.54. The molecule has 0 saturated heterocycles. The van der Waals surface area contributed by atoms with E-state index in [0.29, 0.717) is 6.42 Å². The second-order valence-corrected chi connectivity index (χ2v) is 7.49. The van der Waals surface area contributed by atoms with Crippen LogP contribution in [0.15, 0.2) is 41.8 Å². The molecule has 128 valence electrons. The van der Waals surface area contributed by atoms with Crippen molar-refractivity contribution in [3.63, 3.8) is 0 Å². The fourth-order valence-corrected chi connectivity index (χ4v) is 3.40. The Balaban J connectivity index is 2.01. The van der Waals surface area contributed by atoms with Crippen LogP contribution >= 0.6 is 11.3 Å². The fraction of sp³-hybridized carbons (Fsp3) is 0.368. The van der Waals surface area contributed by atoms with E-state index in [0.717, 1.165) is 16.0 Å². The van der Waals surface area contributed by atoms with Crippen LogP contribution in [-0.2, 0) is 21.4 Å². The summed E-state index contributed by atoms with van der Waals surface area (Å²) in [7, 11) is 0. The number of thiophene rings is 1. The van der Waals surface area contributed by atoms with Gasteiger partial charge in [0.25, 0.3) is 0 Å². The average Bonchev–Trinajstić information content (AvgIpc) is 3.06. The molecule has 24 heavy (non-hydrogen) atoms. The minimum atomic E-state index is -0.897. The molecule has 1 aromatic heterocycles. The molecule has 0 radical (unpaired) electrons. The van der Waals surface area contributed by atoms with Gasteiger partial charge in [-0.1, -0.05) is 35.9 Å². The Morgan fingerprint density at radius 2 is 2.00 bits per heavy atom. The van der Waals surface area contributed by atoms with Crippen molar-refractivity contribution >= 4 is 23.2 Å². The lowest BCUT2D eigenvalue weighted by Gasteiger charge is -2.23. The van der Waals surface area contributed by atoms with Crippen molar-refractivity contribution in [2.75, 3.05) is 6.54 Å². The van der Waals surface area contributed by atoms with E-state index >= 15 is 0 Å². The number of carbonyl (C=O) groups is 2. The third-order valence-electron chi connectivity index (χ3n) is 4.13. The summed E-state index contributed by atoms with van der Waals surface area (Å²) in [4.78, 5) is 25.0. The standard InChI is InChI=1S/C19H23NO3S/c1-13-6-4-7-14(10-13)11-15(17(21)22)12-20-18(23)19(2,3)16-8-5-9-24-16/h4-10,15H,11-12H2,1-3H3,(H,20,23)(H,21,22). The fourth-order valence-electron chi connectivity index (χ4n) is 2.55. The minimum absolute atomic E-state index is 0.122. The summed E-state index contributed by atoms with van der Waals surface area (Å²) < 4.78 is 0. The van der Waals surface area contributed by atoms with E-state index in [-0.39, 0.29) is 12.5 Å². The van der Waals surface area contributed by atoms with Crippen LogP contribution in [-0.4, -0.2) is 23.5 Å². The summed E-state index contributed by atoms with van der Waals surface area (Å²) in [5.74, 6) is -1.69. The molecule has 5 heteroatoms. The molecule has 1 unspecified atom stereocenters. The highest BCUT2D eigenvalue weighted by Gasteiger charge is 2.31. The second kappa shape index (κ2) is 7.62. The summed E-state index contributed by atoms with van der Waals surface area (Å²) in [5.41, 5.74) is 1.40. The zero-order chi connectivity index (χ0) is 17.7. The Hall–Kier alpha value is -2.14. The van der Waals surface area contributed by atoms with Crippen LogP contribution in [0.3, 0.4) is 0 Å². The van der Waals surface area contributed by atoms with Gasteiger partial charge in [0.15, 0.2) is 0 Å². The maximum absolute atomic E-state index is 12.5. The van der Waals surface area contributed by atoms with Crippen molar-refractivity contribution in [2.24, 2.45) is 5.92 Å². The van der Waals surface area contributed by atoms with E-state index in [1.54, 1.807) is 0 Å². The summed E-state index contributed by atoms with van der Waals surface area (Å²) in [6.45, 7) is 5.80. The van der Waals surface area contributed by atoms with Gasteiger partial charge in [-0.2, -0.15) is 0 Å². The molecule has 0 aliphatic carbocycles. The normalized spacial score (nSPS) is 12.6. The number of carbonyl (C=O) groups excluding carboxylic acids is 1. The van der Waals surface area contributed by atoms with Crippen molar-refractivity contribution in [1.82, 2.24) is 5.32 Å². The van der Waals surface area contributed by atoms with Crippen molar-refractivity contribution in [1.29, 1.82) is 0 Å². The Kier molecular flexibility index (Phi) is 5.78. The first-order valence-corrected chi connectivity index (χ1v) is 8.79. The molecule has 0 bridgehead atoms. The topological polar surface area (TPSA) is 66.4 Å². The maximum Gasteiger partial charge on any atom is 0.308 e. The lowest BCUT2D eigenvalue weighted by molar-refractivity contribution is -0.141. The van der Waals surface area contributed by atoms with E-state index in [1.807, 2.05) is 62.5 Å². The van der Waals surface area contributed by atoms with Crippen LogP contribution in [0.5, 0.6) is 0 Å². The van der Waals surface area contributed by atoms with Gasteiger partial charge in [-0.3, -0.25) is 9.59 Å². The monoisotopic (exact) mass is 345 g/mol. The van der Waals surface area contributed by atoms with Gasteiger partial charge >= 0.3 is 5.97 Å². The molecule has 1 amide bonds. The van der Waals surface area contributed by atoms with Gasteiger partial charge in [0.2, 0.25) is 5.91 Å². The summed E-state index contributed by atoms with van der Waals surface area (Å²) in [6, 6.07) is 11.6. The van der Waals surface area contributed by atoms with Crippen LogP contribution in [0.4, 0.5) is 0 Å². The van der Waals surface area contributed by atoms with Gasteiger partial charge in [-0.05, 0) is 44.2 Å². The van der Waals surface area contributed by atoms with Crippen molar-refractivity contribution < 1.29 is 14.7 Å². The lowest BCUT2D eigenvalue weighted by atomic mass is 9.90. The number of aliphatic carboxylic acids is 1. The molecule has 1 heterocycles. The Morgan fingerprint density at radius 3 is 2.58 bits per heavy atom. The van der Waals surface area contributed by atoms with Crippen LogP contribution < -0.4 is 5.32 Å². The predicted octanol–water partition coefficient (Wildman–Crippen LogP) is 3.39. The van der Waals surface area contributed by atoms with E-state index in [4.69, 9.17) is 0 Å². The van der Waals surface area contributed by atoms with E-state index < -0.39 is 17.3 Å². The molecule has 2 aromatic rings. The number of carboxylic acid groups (broad SMARTS) is 1. The molecule has 0 spiro atoms. The molecular formula is C19H23NO3S. The third kappa shape index (κ3) is 4.45. The van der Waals surface area contributed by atoms with E-state index in [2.05, 4.69) is 5.32 Å². The Bertz CT molecular complexity index is 707. The van der Waals surface area contributed by atoms with Crippen LogP contribution in [0.1, 0.15) is 29.9 Å². The third-order valence-corrected chi connectivity index (χ3v) is 5.32. The van der Waals surface area contributed by atoms with Crippen molar-refractivity contribution in [3.8, 4) is 0 Å². The minimum Gasteiger partial charge on any atom is -0.481 e. The smallest absolute Gasteiger partial charge is 0.308 e. The van der Waals surface area contributed by atoms with E-state index in [9.17, 15) is 14.7 Å². The summed E-state index contributed by atoms with van der Waals surface area (Å²) in [5, 5.41) is 14.2. The predicted molar refractivity (Wildman–Crippen MR) is 96.4 cm³/mol. The molecule has 0 aliphatic rings. The number of nitrogens with one attached hydrogen (secondary N) is 1. The molecule has 2 N–H and O–H groups in total. The van der Waals surface area contributed by atoms with Gasteiger partial charge in [0, 0.05) is 11.4 Å². The number of amides is 1. The highest BCUT2D eigenvalue weighted by molar-refractivity contribution is 7.10. The van der Waals surface area contributed by atoms with Gasteiger partial charge in [-0.25, -0.2) is 0 Å². The van der Waals surface area contributed by atoms with Gasteiger partial charge < -0.3 is 10.4 Å². The lowest BCUT2D eigenvalue weighted by Crippen LogP contribution is -2.43. The van der Waals surface area contributed by atoms with Crippen LogP contribution in [0, 0.1) is 12.8 Å². The molecular weight excluding hydrogens is 322 g/mol. The van der Waals surface area contributed by atoms with Crippen LogP contribution in [0.2, 0.25) is 0 Å². The maximum atomic E-state index is 12.5. The SMILES string of the molecule is Cc1cccc(CC(CNC(=O)C(C)(C)c2cccs2)C(=O)O)c1. The Labute approximate surface area is 146 Å². The number of aryl methyl sites for hydroxylation is 1. The quantitative estimate of drug-likeness (QED) is 0.808. The first-order valence-electron chi connectivity index (χ1n) is 7.91. The number of rotatable bonds is 7. The zero-order valence-corrected chi connectivity index (χ0v) is 15.0. The van der Waals surface area contributed by atoms with Gasteiger partial charge in [0.05, 0.1) is 11.3 Å². The number of benzene rings is 1. The molecule has 4 nitrogen and oxygen atoms in total. The summed E-state index contributed by atoms with van der Waals surface area (Å²) >= 11 is 1.53. The molecule has 1 atom stereocenters.